The minimum absolute atomic E-state index is 0.0163. The quantitative estimate of drug-likeness (QED) is 0.496. The lowest BCUT2D eigenvalue weighted by molar-refractivity contribution is -0.177. The van der Waals surface area contributed by atoms with Crippen LogP contribution in [-0.4, -0.2) is 79.3 Å². The van der Waals surface area contributed by atoms with E-state index in [1.54, 1.807) is 6.92 Å². The predicted octanol–water partition coefficient (Wildman–Crippen LogP) is 2.38. The van der Waals surface area contributed by atoms with Gasteiger partial charge in [0.2, 0.25) is 0 Å². The Morgan fingerprint density at radius 2 is 1.86 bits per heavy atom. The highest BCUT2D eigenvalue weighted by Crippen LogP contribution is 2.34. The molecule has 0 spiro atoms. The summed E-state index contributed by atoms with van der Waals surface area (Å²) >= 11 is 0. The monoisotopic (exact) mass is 408 g/mol. The Bertz CT molecular complexity index is 584. The van der Waals surface area contributed by atoms with Gasteiger partial charge in [0.05, 0.1) is 13.7 Å². The van der Waals surface area contributed by atoms with Crippen molar-refractivity contribution in [2.75, 3.05) is 33.4 Å². The smallest absolute Gasteiger partial charge is 0.409 e. The number of piperidine rings is 1. The molecule has 7 nitrogen and oxygen atoms in total. The number of hydrogen-bond donors (Lipinski definition) is 0. The molecule has 0 radical (unpaired) electrons. The van der Waals surface area contributed by atoms with Crippen molar-refractivity contribution in [1.82, 2.24) is 9.80 Å². The van der Waals surface area contributed by atoms with Crippen molar-refractivity contribution in [3.05, 3.63) is 0 Å². The number of carbonyl (C=O) groups excluding carboxylic acids is 3. The number of esters is 1. The second-order valence-corrected chi connectivity index (χ2v) is 7.18. The number of ketones is 1. The van der Waals surface area contributed by atoms with Crippen LogP contribution in [0.1, 0.15) is 39.0 Å². The van der Waals surface area contributed by atoms with Crippen LogP contribution in [0.3, 0.4) is 0 Å². The van der Waals surface area contributed by atoms with E-state index >= 15 is 0 Å². The molecule has 28 heavy (non-hydrogen) atoms. The molecule has 0 N–H and O–H groups in total. The first-order chi connectivity index (χ1) is 13.2. The number of ether oxygens (including phenoxy) is 2. The van der Waals surface area contributed by atoms with Gasteiger partial charge in [0, 0.05) is 25.0 Å². The van der Waals surface area contributed by atoms with E-state index in [0.717, 1.165) is 0 Å². The zero-order chi connectivity index (χ0) is 20.9. The number of hydrogen-bond acceptors (Lipinski definition) is 6. The van der Waals surface area contributed by atoms with Crippen LogP contribution < -0.4 is 0 Å². The van der Waals surface area contributed by atoms with Gasteiger partial charge >= 0.3 is 18.2 Å². The average Bonchev–Trinajstić information content (AvgIpc) is 3.09. The molecule has 2 aliphatic heterocycles. The van der Waals surface area contributed by atoms with Crippen LogP contribution in [0.25, 0.3) is 0 Å². The Hall–Kier alpha value is -1.84. The second-order valence-electron chi connectivity index (χ2n) is 7.18. The zero-order valence-electron chi connectivity index (χ0n) is 16.2. The second kappa shape index (κ2) is 9.58. The number of alkyl halides is 3. The van der Waals surface area contributed by atoms with Crippen LogP contribution in [0, 0.1) is 5.92 Å². The van der Waals surface area contributed by atoms with Crippen molar-refractivity contribution in [2.24, 2.45) is 5.92 Å². The molecule has 10 heteroatoms. The van der Waals surface area contributed by atoms with E-state index in [2.05, 4.69) is 0 Å². The molecule has 2 fully saturated rings. The van der Waals surface area contributed by atoms with Gasteiger partial charge in [-0.1, -0.05) is 0 Å². The first-order valence-electron chi connectivity index (χ1n) is 9.51. The molecule has 2 rings (SSSR count). The molecule has 0 saturated carbocycles. The van der Waals surface area contributed by atoms with Crippen LogP contribution in [-0.2, 0) is 19.1 Å². The van der Waals surface area contributed by atoms with Gasteiger partial charge in [-0.15, -0.1) is 0 Å². The molecule has 0 aromatic rings. The first kappa shape index (κ1) is 22.4. The number of halogens is 3. The summed E-state index contributed by atoms with van der Waals surface area (Å²) in [5, 5.41) is 0. The topological polar surface area (TPSA) is 76.2 Å². The van der Waals surface area contributed by atoms with Gasteiger partial charge in [0.25, 0.3) is 0 Å². The van der Waals surface area contributed by atoms with Gasteiger partial charge < -0.3 is 14.4 Å². The largest absolute Gasteiger partial charge is 0.466 e. The summed E-state index contributed by atoms with van der Waals surface area (Å²) in [5.74, 6) is -1.42. The van der Waals surface area contributed by atoms with E-state index in [1.165, 1.54) is 16.9 Å². The van der Waals surface area contributed by atoms with Gasteiger partial charge in [-0.05, 0) is 39.2 Å². The molecule has 3 atom stereocenters. The summed E-state index contributed by atoms with van der Waals surface area (Å²) in [5.41, 5.74) is 0. The Labute approximate surface area is 162 Å². The van der Waals surface area contributed by atoms with E-state index in [4.69, 9.17) is 9.47 Å². The van der Waals surface area contributed by atoms with Crippen LogP contribution in [0.2, 0.25) is 0 Å². The maximum absolute atomic E-state index is 13.3. The molecule has 1 amide bonds. The lowest BCUT2D eigenvalue weighted by atomic mass is 9.86. The highest BCUT2D eigenvalue weighted by atomic mass is 19.4. The van der Waals surface area contributed by atoms with Gasteiger partial charge in [-0.2, -0.15) is 13.2 Å². The molecule has 0 aromatic carbocycles. The van der Waals surface area contributed by atoms with Crippen LogP contribution in [0.15, 0.2) is 0 Å². The summed E-state index contributed by atoms with van der Waals surface area (Å²) in [4.78, 5) is 38.8. The summed E-state index contributed by atoms with van der Waals surface area (Å²) in [7, 11) is 1.21. The predicted molar refractivity (Wildman–Crippen MR) is 92.5 cm³/mol. The molecule has 2 saturated heterocycles. The fourth-order valence-electron chi connectivity index (χ4n) is 4.06. The average molecular weight is 408 g/mol. The molecule has 0 aliphatic carbocycles. The van der Waals surface area contributed by atoms with Crippen molar-refractivity contribution in [3.63, 3.8) is 0 Å². The standard InChI is InChI=1S/C18H27F3N2O5/c1-3-28-16(25)10-14(24)12-6-8-23(17(26)27-2)13(9-12)11-22-7-4-5-15(22)18(19,20)21/h12-13,15H,3-11H2,1-2H3. The number of amides is 1. The minimum atomic E-state index is -4.33. The molecule has 3 unspecified atom stereocenters. The first-order valence-corrected chi connectivity index (χ1v) is 9.51. The fraction of sp³-hybridized carbons (Fsp3) is 0.833. The fourth-order valence-corrected chi connectivity index (χ4v) is 4.06. The zero-order valence-corrected chi connectivity index (χ0v) is 16.2. The van der Waals surface area contributed by atoms with E-state index in [9.17, 15) is 27.6 Å². The summed E-state index contributed by atoms with van der Waals surface area (Å²) in [6.45, 7) is 2.31. The van der Waals surface area contributed by atoms with Gasteiger partial charge in [-0.25, -0.2) is 4.79 Å². The Balaban J connectivity index is 2.08. The lowest BCUT2D eigenvalue weighted by Crippen LogP contribution is -2.54. The van der Waals surface area contributed by atoms with Crippen LogP contribution >= 0.6 is 0 Å². The highest BCUT2D eigenvalue weighted by Gasteiger charge is 2.47. The molecule has 2 heterocycles. The maximum atomic E-state index is 13.3. The molecule has 0 bridgehead atoms. The lowest BCUT2D eigenvalue weighted by Gasteiger charge is -2.41. The van der Waals surface area contributed by atoms with Gasteiger partial charge in [0.15, 0.2) is 0 Å². The van der Waals surface area contributed by atoms with E-state index in [0.29, 0.717) is 12.8 Å². The Kier molecular flexibility index (Phi) is 7.68. The molecule has 0 aromatic heterocycles. The highest BCUT2D eigenvalue weighted by molar-refractivity contribution is 5.96. The molecule has 2 aliphatic rings. The third-order valence-electron chi connectivity index (χ3n) is 5.39. The van der Waals surface area contributed by atoms with Crippen LogP contribution in [0.4, 0.5) is 18.0 Å². The number of Topliss-reactive ketones (excluding diaryl/α,β-unsaturated/α-hetero) is 1. The minimum Gasteiger partial charge on any atom is -0.466 e. The van der Waals surface area contributed by atoms with Crippen molar-refractivity contribution < 1.29 is 37.0 Å². The van der Waals surface area contributed by atoms with Crippen molar-refractivity contribution in [1.29, 1.82) is 0 Å². The molecular weight excluding hydrogens is 381 g/mol. The van der Waals surface area contributed by atoms with Crippen LogP contribution in [0.5, 0.6) is 0 Å². The van der Waals surface area contributed by atoms with Gasteiger partial charge in [-0.3, -0.25) is 14.5 Å². The summed E-state index contributed by atoms with van der Waals surface area (Å²) in [6, 6.07) is -2.12. The maximum Gasteiger partial charge on any atom is 0.409 e. The Morgan fingerprint density at radius 3 is 2.46 bits per heavy atom. The van der Waals surface area contributed by atoms with E-state index in [1.807, 2.05) is 0 Å². The SMILES string of the molecule is CCOC(=O)CC(=O)C1CCN(C(=O)OC)C(CN2CCCC2C(F)(F)F)C1. The van der Waals surface area contributed by atoms with Crippen molar-refractivity contribution >= 4 is 17.8 Å². The molecule has 160 valence electrons. The number of nitrogens with zero attached hydrogens (tertiary/aromatic N) is 2. The summed E-state index contributed by atoms with van der Waals surface area (Å²) in [6.07, 6.45) is -4.32. The normalized spacial score (nSPS) is 26.2. The number of methoxy groups -OCH3 is 1. The van der Waals surface area contributed by atoms with Crippen molar-refractivity contribution in [3.8, 4) is 0 Å². The van der Waals surface area contributed by atoms with E-state index in [-0.39, 0.29) is 51.3 Å². The summed E-state index contributed by atoms with van der Waals surface area (Å²) < 4.78 is 49.3. The number of rotatable bonds is 6. The molecular formula is C18H27F3N2O5. The van der Waals surface area contributed by atoms with E-state index < -0.39 is 36.2 Å². The van der Waals surface area contributed by atoms with Gasteiger partial charge in [0.1, 0.15) is 18.2 Å². The third kappa shape index (κ3) is 5.59. The number of carbonyl (C=O) groups is 3. The Morgan fingerprint density at radius 1 is 1.14 bits per heavy atom. The number of likely N-dealkylation sites (tertiary alicyclic amines) is 2. The third-order valence-corrected chi connectivity index (χ3v) is 5.39. The van der Waals surface area contributed by atoms with Crippen molar-refractivity contribution in [2.45, 2.75) is 57.3 Å².